The Labute approximate surface area is 527 Å². The molecule has 5 aromatic rings. The van der Waals surface area contributed by atoms with E-state index in [1.165, 1.54) is 21.5 Å². The van der Waals surface area contributed by atoms with Gasteiger partial charge in [-0.2, -0.15) is 0 Å². The maximum Gasteiger partial charge on any atom is 0.127 e. The lowest BCUT2D eigenvalue weighted by atomic mass is 9.82. The minimum atomic E-state index is -2.13. The summed E-state index contributed by atoms with van der Waals surface area (Å²) in [4.78, 5) is 9.18. The molecule has 0 atom stereocenters. The molecule has 0 aliphatic rings. The molecule has 0 saturated heterocycles. The average Bonchev–Trinajstić information content (AvgIpc) is 2.37. The van der Waals surface area contributed by atoms with Gasteiger partial charge >= 0.3 is 0 Å². The Balaban J connectivity index is 1.62. The minimum absolute atomic E-state index is 0.129. The maximum atomic E-state index is 12.6. The van der Waals surface area contributed by atoms with Crippen LogP contribution >= 0.6 is 0 Å². The first-order valence-electron chi connectivity index (χ1n) is 32.7. The van der Waals surface area contributed by atoms with Crippen LogP contribution in [-0.4, -0.2) is 111 Å². The fourth-order valence-corrected chi connectivity index (χ4v) is 29.5. The SMILES string of the molecule is CC(C)[Si](c1cc(O)c(CN(CCN(C)C)Cc2cc(C(C)(C)C)cc(-c3ccc(-c4cc(C(C)(C)C)cc(CN(CCN(C)C)Cc5cc(C(C)(C)C)c([Si](C(C)C)(C(C)C)C(C)C)cc5O)c4O)cc3)c2O)cc1C(C)(C)C)(C(C)C)C(C)C. The van der Waals surface area contributed by atoms with E-state index in [2.05, 4.69) is 287 Å². The van der Waals surface area contributed by atoms with Gasteiger partial charge in [-0.15, -0.1) is 0 Å². The van der Waals surface area contributed by atoms with Crippen LogP contribution in [0.4, 0.5) is 0 Å². The third kappa shape index (κ3) is 15.9. The smallest absolute Gasteiger partial charge is 0.127 e. The summed E-state index contributed by atoms with van der Waals surface area (Å²) in [6.45, 7) is 61.2. The Morgan fingerprint density at radius 2 is 0.616 bits per heavy atom. The number of nitrogens with zero attached hydrogens (tertiary/aromatic N) is 4. The number of benzene rings is 5. The third-order valence-electron chi connectivity index (χ3n) is 19.6. The number of phenols is 4. The van der Waals surface area contributed by atoms with Gasteiger partial charge in [0.25, 0.3) is 0 Å². The molecule has 8 nitrogen and oxygen atoms in total. The lowest BCUT2D eigenvalue weighted by molar-refractivity contribution is 0.221. The third-order valence-corrected chi connectivity index (χ3v) is 33.8. The van der Waals surface area contributed by atoms with Crippen LogP contribution in [0.3, 0.4) is 0 Å². The number of rotatable bonds is 24. The molecule has 86 heavy (non-hydrogen) atoms. The van der Waals surface area contributed by atoms with E-state index in [1.807, 2.05) is 0 Å². The molecule has 0 unspecified atom stereocenters. The Hall–Kier alpha value is -4.43. The zero-order valence-electron chi connectivity index (χ0n) is 59.6. The molecule has 10 heteroatoms. The monoisotopic (exact) mass is 1210 g/mol. The van der Waals surface area contributed by atoms with Gasteiger partial charge in [-0.05, 0) is 141 Å². The van der Waals surface area contributed by atoms with Crippen molar-refractivity contribution in [1.82, 2.24) is 19.6 Å². The van der Waals surface area contributed by atoms with Crippen molar-refractivity contribution in [3.63, 3.8) is 0 Å². The summed E-state index contributed by atoms with van der Waals surface area (Å²) in [7, 11) is 4.14. The molecular formula is C76H122N4O4Si2. The van der Waals surface area contributed by atoms with Crippen LogP contribution in [0, 0.1) is 0 Å². The van der Waals surface area contributed by atoms with E-state index in [1.54, 1.807) is 0 Å². The molecule has 4 N–H and O–H groups in total. The fourth-order valence-electron chi connectivity index (χ4n) is 15.2. The molecule has 0 amide bonds. The standard InChI is InChI=1S/C76H122N4O4Si2/c1-49(2)85(50(3)4,51(5)6)69-43-67(81)57(39-65(69)75(19,20)21)45-79(35-33-77(25)26)47-59-37-61(73(13,14)15)41-63(71(59)83)55-29-31-56(32-30-55)64-42-62(74(16,17)18)38-60(72(64)84)48-80(36-34-78(27)28)46-58-40-66(76(22,23)24)70(44-68(58)82)86(52(7)8,53(9)10)54(11)12/h29-32,37-44,49-54,81-84H,33-36,45-48H2,1-28H3. The van der Waals surface area contributed by atoms with E-state index in [9.17, 15) is 20.4 Å². The first-order valence-corrected chi connectivity index (χ1v) is 37.2. The summed E-state index contributed by atoms with van der Waals surface area (Å²) in [6.07, 6.45) is 0. The molecule has 0 fully saturated rings. The van der Waals surface area contributed by atoms with Crippen LogP contribution in [0.25, 0.3) is 22.3 Å². The van der Waals surface area contributed by atoms with E-state index in [4.69, 9.17) is 0 Å². The van der Waals surface area contributed by atoms with Gasteiger partial charge in [0, 0.05) is 85.7 Å². The second-order valence-corrected chi connectivity index (χ2v) is 44.3. The first-order chi connectivity index (χ1) is 39.4. The van der Waals surface area contributed by atoms with Crippen molar-refractivity contribution in [1.29, 1.82) is 0 Å². The molecule has 0 bridgehead atoms. The molecular weight excluding hydrogens is 1090 g/mol. The molecule has 0 saturated carbocycles. The molecule has 0 radical (unpaired) electrons. The molecule has 0 aromatic heterocycles. The van der Waals surface area contributed by atoms with Crippen LogP contribution in [0.5, 0.6) is 23.0 Å². The molecule has 478 valence electrons. The minimum Gasteiger partial charge on any atom is -0.508 e. The number of aromatic hydroxyl groups is 4. The molecule has 0 aliphatic carbocycles. The maximum absolute atomic E-state index is 12.6. The van der Waals surface area contributed by atoms with Crippen molar-refractivity contribution in [3.8, 4) is 45.3 Å². The van der Waals surface area contributed by atoms with Crippen LogP contribution in [0.2, 0.25) is 33.2 Å². The molecule has 0 spiro atoms. The van der Waals surface area contributed by atoms with Gasteiger partial charge in [-0.3, -0.25) is 9.80 Å². The van der Waals surface area contributed by atoms with E-state index in [0.29, 0.717) is 70.9 Å². The zero-order valence-corrected chi connectivity index (χ0v) is 61.6. The zero-order chi connectivity index (χ0) is 65.3. The van der Waals surface area contributed by atoms with E-state index in [0.717, 1.165) is 81.8 Å². The largest absolute Gasteiger partial charge is 0.508 e. The lowest BCUT2D eigenvalue weighted by Gasteiger charge is -2.46. The summed E-state index contributed by atoms with van der Waals surface area (Å²) in [5, 5.41) is 52.5. The molecule has 0 heterocycles. The van der Waals surface area contributed by atoms with Crippen molar-refractivity contribution in [2.45, 2.75) is 247 Å². The van der Waals surface area contributed by atoms with E-state index in [-0.39, 0.29) is 33.2 Å². The van der Waals surface area contributed by atoms with Crippen LogP contribution < -0.4 is 10.4 Å². The summed E-state index contributed by atoms with van der Waals surface area (Å²) in [5.41, 5.74) is 14.1. The highest BCUT2D eigenvalue weighted by Gasteiger charge is 2.48. The molecule has 5 aromatic carbocycles. The normalized spacial score (nSPS) is 13.6. The lowest BCUT2D eigenvalue weighted by Crippen LogP contribution is -2.58. The fraction of sp³-hybridized carbons (Fsp3) is 0.605. The summed E-state index contributed by atoms with van der Waals surface area (Å²) < 4.78 is 0. The van der Waals surface area contributed by atoms with Crippen molar-refractivity contribution < 1.29 is 20.4 Å². The Kier molecular flexibility index (Phi) is 23.3. The van der Waals surface area contributed by atoms with Gasteiger partial charge in [0.2, 0.25) is 0 Å². The van der Waals surface area contributed by atoms with Crippen molar-refractivity contribution in [2.75, 3.05) is 54.4 Å². The second kappa shape index (κ2) is 27.8. The second-order valence-electron chi connectivity index (χ2n) is 32.5. The van der Waals surface area contributed by atoms with Crippen LogP contribution in [0.15, 0.2) is 72.8 Å². The van der Waals surface area contributed by atoms with Crippen molar-refractivity contribution >= 4 is 26.5 Å². The van der Waals surface area contributed by atoms with Crippen LogP contribution in [0.1, 0.15) is 211 Å². The number of hydrogen-bond acceptors (Lipinski definition) is 8. The summed E-state index contributed by atoms with van der Waals surface area (Å²) >= 11 is 0. The van der Waals surface area contributed by atoms with Crippen molar-refractivity contribution in [3.05, 3.63) is 117 Å². The van der Waals surface area contributed by atoms with Gasteiger partial charge < -0.3 is 30.2 Å². The van der Waals surface area contributed by atoms with E-state index < -0.39 is 16.1 Å². The quantitative estimate of drug-likeness (QED) is 0.0454. The summed E-state index contributed by atoms with van der Waals surface area (Å²) in [6, 6.07) is 26.0. The molecule has 5 rings (SSSR count). The van der Waals surface area contributed by atoms with Gasteiger partial charge in [0.15, 0.2) is 0 Å². The number of likely N-dealkylation sites (N-methyl/N-ethyl adjacent to an activating group) is 2. The van der Waals surface area contributed by atoms with Gasteiger partial charge in [0.05, 0.1) is 16.1 Å². The number of hydrogen-bond donors (Lipinski definition) is 4. The Bertz CT molecular complexity index is 2820. The Morgan fingerprint density at radius 3 is 0.849 bits per heavy atom. The highest BCUT2D eigenvalue weighted by Crippen LogP contribution is 2.47. The highest BCUT2D eigenvalue weighted by atomic mass is 28.3. The number of phenolic OH excluding ortho intramolecular Hbond substituents is 4. The topological polar surface area (TPSA) is 93.9 Å². The predicted octanol–water partition coefficient (Wildman–Crippen LogP) is 17.9. The summed E-state index contributed by atoms with van der Waals surface area (Å²) in [5.74, 6) is 1.24. The highest BCUT2D eigenvalue weighted by molar-refractivity contribution is 6.96. The average molecular weight is 1210 g/mol. The van der Waals surface area contributed by atoms with Gasteiger partial charge in [-0.1, -0.05) is 225 Å². The van der Waals surface area contributed by atoms with Crippen LogP contribution in [-0.2, 0) is 47.8 Å². The van der Waals surface area contributed by atoms with E-state index >= 15 is 0 Å². The van der Waals surface area contributed by atoms with Gasteiger partial charge in [-0.25, -0.2) is 0 Å². The van der Waals surface area contributed by atoms with Crippen molar-refractivity contribution in [2.24, 2.45) is 0 Å². The van der Waals surface area contributed by atoms with Gasteiger partial charge in [0.1, 0.15) is 23.0 Å². The predicted molar refractivity (Wildman–Crippen MR) is 378 cm³/mol. The Morgan fingerprint density at radius 1 is 0.349 bits per heavy atom. The first kappa shape index (κ1) is 72.3. The molecule has 0 aliphatic heterocycles.